The average molecular weight is 235 g/mol. The summed E-state index contributed by atoms with van der Waals surface area (Å²) in [6, 6.07) is 8.47. The van der Waals surface area contributed by atoms with Gasteiger partial charge in [-0.2, -0.15) is 0 Å². The number of nitrogens with two attached hydrogens (primary N) is 2. The molecule has 0 fully saturated rings. The highest BCUT2D eigenvalue weighted by Crippen LogP contribution is 2.14. The summed E-state index contributed by atoms with van der Waals surface area (Å²) >= 11 is 0. The van der Waals surface area contributed by atoms with Crippen molar-refractivity contribution in [1.82, 2.24) is 0 Å². The molecule has 17 heavy (non-hydrogen) atoms. The Morgan fingerprint density at radius 2 is 1.88 bits per heavy atom. The number of amides is 2. The molecule has 92 valence electrons. The van der Waals surface area contributed by atoms with Crippen LogP contribution in [-0.4, -0.2) is 24.4 Å². The maximum Gasteiger partial charge on any atom is 0.243 e. The second-order valence-electron chi connectivity index (χ2n) is 3.83. The lowest BCUT2D eigenvalue weighted by Crippen LogP contribution is -2.43. The van der Waals surface area contributed by atoms with Crippen LogP contribution in [0.4, 0.5) is 5.69 Å². The van der Waals surface area contributed by atoms with Crippen molar-refractivity contribution >= 4 is 17.5 Å². The summed E-state index contributed by atoms with van der Waals surface area (Å²) in [5.74, 6) is -0.666. The van der Waals surface area contributed by atoms with Gasteiger partial charge in [0.1, 0.15) is 0 Å². The zero-order valence-electron chi connectivity index (χ0n) is 9.80. The van der Waals surface area contributed by atoms with E-state index >= 15 is 0 Å². The number of primary amides is 1. The first kappa shape index (κ1) is 13.2. The third-order valence-corrected chi connectivity index (χ3v) is 2.31. The summed E-state index contributed by atoms with van der Waals surface area (Å²) < 4.78 is 0. The number of carbonyl (C=O) groups is 2. The van der Waals surface area contributed by atoms with E-state index in [-0.39, 0.29) is 18.9 Å². The molecule has 1 atom stereocenters. The van der Waals surface area contributed by atoms with Gasteiger partial charge in [-0.05, 0) is 19.1 Å². The number of anilines is 1. The van der Waals surface area contributed by atoms with Crippen LogP contribution in [0, 0.1) is 0 Å². The topological polar surface area (TPSA) is 89.4 Å². The van der Waals surface area contributed by atoms with E-state index in [9.17, 15) is 9.59 Å². The molecule has 1 rings (SSSR count). The van der Waals surface area contributed by atoms with Gasteiger partial charge < -0.3 is 16.4 Å². The molecular weight excluding hydrogens is 218 g/mol. The van der Waals surface area contributed by atoms with Crippen molar-refractivity contribution < 1.29 is 9.59 Å². The molecule has 0 radical (unpaired) electrons. The van der Waals surface area contributed by atoms with Crippen molar-refractivity contribution in [2.75, 3.05) is 11.4 Å². The molecule has 5 heteroatoms. The number of para-hydroxylation sites is 1. The lowest BCUT2D eigenvalue weighted by molar-refractivity contribution is -0.119. The molecule has 0 bridgehead atoms. The number of nitrogens with zero attached hydrogens (tertiary/aromatic N) is 1. The Hall–Kier alpha value is -1.88. The monoisotopic (exact) mass is 235 g/mol. The standard InChI is InChI=1S/C12H17N3O2/c1-9(13)12(17)15(8-7-11(14)16)10-5-3-2-4-6-10/h2-6,9H,7-8,13H2,1H3,(H2,14,16)/t9-/m0/s1. The zero-order chi connectivity index (χ0) is 12.8. The predicted molar refractivity (Wildman–Crippen MR) is 66.3 cm³/mol. The van der Waals surface area contributed by atoms with Gasteiger partial charge in [-0.25, -0.2) is 0 Å². The molecule has 0 aliphatic carbocycles. The van der Waals surface area contributed by atoms with E-state index in [2.05, 4.69) is 0 Å². The molecule has 4 N–H and O–H groups in total. The lowest BCUT2D eigenvalue weighted by atomic mass is 10.2. The maximum atomic E-state index is 11.9. The summed E-state index contributed by atoms with van der Waals surface area (Å²) in [6.07, 6.45) is 0.118. The molecule has 0 aliphatic rings. The number of hydrogen-bond acceptors (Lipinski definition) is 3. The van der Waals surface area contributed by atoms with Crippen LogP contribution in [0.3, 0.4) is 0 Å². The Kier molecular flexibility index (Phi) is 4.66. The molecular formula is C12H17N3O2. The van der Waals surface area contributed by atoms with Crippen LogP contribution in [0.1, 0.15) is 13.3 Å². The third-order valence-electron chi connectivity index (χ3n) is 2.31. The Morgan fingerprint density at radius 3 is 2.35 bits per heavy atom. The quantitative estimate of drug-likeness (QED) is 0.766. The van der Waals surface area contributed by atoms with Crippen molar-refractivity contribution in [3.63, 3.8) is 0 Å². The highest BCUT2D eigenvalue weighted by molar-refractivity contribution is 5.97. The fourth-order valence-corrected chi connectivity index (χ4v) is 1.44. The minimum atomic E-state index is -0.608. The van der Waals surface area contributed by atoms with Gasteiger partial charge in [0.05, 0.1) is 6.04 Å². The third kappa shape index (κ3) is 3.88. The van der Waals surface area contributed by atoms with Crippen molar-refractivity contribution in [2.24, 2.45) is 11.5 Å². The van der Waals surface area contributed by atoms with E-state index < -0.39 is 11.9 Å². The fraction of sp³-hybridized carbons (Fsp3) is 0.333. The van der Waals surface area contributed by atoms with E-state index in [1.807, 2.05) is 18.2 Å². The maximum absolute atomic E-state index is 11.9. The summed E-state index contributed by atoms with van der Waals surface area (Å²) in [4.78, 5) is 24.2. The summed E-state index contributed by atoms with van der Waals surface area (Å²) in [5.41, 5.74) is 11.4. The minimum absolute atomic E-state index is 0.118. The van der Waals surface area contributed by atoms with Gasteiger partial charge in [-0.1, -0.05) is 18.2 Å². The molecule has 0 aliphatic heterocycles. The van der Waals surface area contributed by atoms with Crippen molar-refractivity contribution in [1.29, 1.82) is 0 Å². The molecule has 0 saturated carbocycles. The highest BCUT2D eigenvalue weighted by Gasteiger charge is 2.19. The molecule has 5 nitrogen and oxygen atoms in total. The molecule has 0 saturated heterocycles. The van der Waals surface area contributed by atoms with Crippen LogP contribution < -0.4 is 16.4 Å². The molecule has 1 aromatic carbocycles. The largest absolute Gasteiger partial charge is 0.370 e. The number of rotatable bonds is 5. The zero-order valence-corrected chi connectivity index (χ0v) is 9.80. The van der Waals surface area contributed by atoms with Crippen LogP contribution in [-0.2, 0) is 9.59 Å². The van der Waals surface area contributed by atoms with Crippen LogP contribution >= 0.6 is 0 Å². The van der Waals surface area contributed by atoms with Crippen LogP contribution in [0.15, 0.2) is 30.3 Å². The predicted octanol–water partition coefficient (Wildman–Crippen LogP) is 0.242. The highest BCUT2D eigenvalue weighted by atomic mass is 16.2. The first-order chi connectivity index (χ1) is 8.02. The van der Waals surface area contributed by atoms with E-state index in [1.54, 1.807) is 19.1 Å². The summed E-state index contributed by atoms with van der Waals surface area (Å²) in [5, 5.41) is 0. The summed E-state index contributed by atoms with van der Waals surface area (Å²) in [6.45, 7) is 1.86. The second-order valence-corrected chi connectivity index (χ2v) is 3.83. The first-order valence-electron chi connectivity index (χ1n) is 5.42. The van der Waals surface area contributed by atoms with Crippen LogP contribution in [0.2, 0.25) is 0 Å². The van der Waals surface area contributed by atoms with E-state index in [4.69, 9.17) is 11.5 Å². The van der Waals surface area contributed by atoms with Gasteiger partial charge in [0.2, 0.25) is 11.8 Å². The molecule has 0 aromatic heterocycles. The molecule has 0 spiro atoms. The Labute approximate surface area is 100 Å². The van der Waals surface area contributed by atoms with Gasteiger partial charge in [-0.15, -0.1) is 0 Å². The van der Waals surface area contributed by atoms with Gasteiger partial charge in [0, 0.05) is 18.7 Å². The van der Waals surface area contributed by atoms with Crippen LogP contribution in [0.5, 0.6) is 0 Å². The van der Waals surface area contributed by atoms with Gasteiger partial charge >= 0.3 is 0 Å². The van der Waals surface area contributed by atoms with Gasteiger partial charge in [0.15, 0.2) is 0 Å². The number of benzene rings is 1. The Morgan fingerprint density at radius 1 is 1.29 bits per heavy atom. The number of carbonyl (C=O) groups excluding carboxylic acids is 2. The van der Waals surface area contributed by atoms with E-state index in [1.165, 1.54) is 4.90 Å². The van der Waals surface area contributed by atoms with Gasteiger partial charge in [0.25, 0.3) is 0 Å². The first-order valence-corrected chi connectivity index (χ1v) is 5.42. The number of hydrogen-bond donors (Lipinski definition) is 2. The lowest BCUT2D eigenvalue weighted by Gasteiger charge is -2.24. The van der Waals surface area contributed by atoms with E-state index in [0.717, 1.165) is 5.69 Å². The molecule has 0 heterocycles. The SMILES string of the molecule is C[C@H](N)C(=O)N(CCC(N)=O)c1ccccc1. The summed E-state index contributed by atoms with van der Waals surface area (Å²) in [7, 11) is 0. The van der Waals surface area contributed by atoms with Gasteiger partial charge in [-0.3, -0.25) is 9.59 Å². The second kappa shape index (κ2) is 6.00. The van der Waals surface area contributed by atoms with E-state index in [0.29, 0.717) is 0 Å². The normalized spacial score (nSPS) is 11.9. The fourth-order valence-electron chi connectivity index (χ4n) is 1.44. The minimum Gasteiger partial charge on any atom is -0.370 e. The molecule has 2 amide bonds. The molecule has 0 unspecified atom stereocenters. The van der Waals surface area contributed by atoms with Crippen LogP contribution in [0.25, 0.3) is 0 Å². The smallest absolute Gasteiger partial charge is 0.243 e. The Bertz CT molecular complexity index is 390. The van der Waals surface area contributed by atoms with Crippen molar-refractivity contribution in [3.05, 3.63) is 30.3 Å². The van der Waals surface area contributed by atoms with Crippen molar-refractivity contribution in [3.8, 4) is 0 Å². The average Bonchev–Trinajstić information content (AvgIpc) is 2.30. The Balaban J connectivity index is 2.86. The van der Waals surface area contributed by atoms with Crippen molar-refractivity contribution in [2.45, 2.75) is 19.4 Å². The molecule has 1 aromatic rings.